The van der Waals surface area contributed by atoms with Crippen molar-refractivity contribution in [3.63, 3.8) is 0 Å². The van der Waals surface area contributed by atoms with Crippen molar-refractivity contribution in [3.05, 3.63) is 29.5 Å². The Morgan fingerprint density at radius 3 is 2.80 bits per heavy atom. The van der Waals surface area contributed by atoms with Crippen LogP contribution in [-0.2, 0) is 17.8 Å². The molecule has 5 rings (SSSR count). The number of aryl methyl sites for hydroxylation is 1. The molecule has 0 saturated carbocycles. The smallest absolute Gasteiger partial charge is 0.255 e. The molecular weight excluding hydrogens is 382 g/mol. The molecule has 30 heavy (non-hydrogen) atoms. The van der Waals surface area contributed by atoms with E-state index in [1.54, 1.807) is 24.2 Å². The van der Waals surface area contributed by atoms with Gasteiger partial charge in [0.05, 0.1) is 17.8 Å². The normalized spacial score (nSPS) is 19.7. The van der Waals surface area contributed by atoms with Gasteiger partial charge in [-0.05, 0) is 31.7 Å². The minimum absolute atomic E-state index is 0.0322. The van der Waals surface area contributed by atoms with Gasteiger partial charge in [-0.1, -0.05) is 6.42 Å². The highest BCUT2D eigenvalue weighted by atomic mass is 16.2. The first-order chi connectivity index (χ1) is 14.6. The van der Waals surface area contributed by atoms with Gasteiger partial charge in [0.1, 0.15) is 17.5 Å². The van der Waals surface area contributed by atoms with E-state index in [4.69, 9.17) is 0 Å². The first-order valence-corrected chi connectivity index (χ1v) is 10.8. The van der Waals surface area contributed by atoms with Crippen LogP contribution in [0.1, 0.15) is 60.0 Å². The third kappa shape index (κ3) is 3.32. The maximum atomic E-state index is 13.1. The van der Waals surface area contributed by atoms with Gasteiger partial charge in [-0.3, -0.25) is 9.59 Å². The van der Waals surface area contributed by atoms with E-state index in [0.29, 0.717) is 36.1 Å². The fourth-order valence-electron chi connectivity index (χ4n) is 4.71. The lowest BCUT2D eigenvalue weighted by Crippen LogP contribution is -2.39. The maximum Gasteiger partial charge on any atom is 0.255 e. The molecule has 0 atom stereocenters. The van der Waals surface area contributed by atoms with Gasteiger partial charge < -0.3 is 19.7 Å². The third-order valence-corrected chi connectivity index (χ3v) is 6.54. The van der Waals surface area contributed by atoms with Crippen LogP contribution in [0.3, 0.4) is 0 Å². The quantitative estimate of drug-likeness (QED) is 0.813. The number of likely N-dealkylation sites (N-methyl/N-ethyl adjacent to an activating group) is 1. The van der Waals surface area contributed by atoms with Gasteiger partial charge >= 0.3 is 0 Å². The van der Waals surface area contributed by atoms with Crippen molar-refractivity contribution in [2.24, 2.45) is 0 Å². The monoisotopic (exact) mass is 409 g/mol. The molecule has 1 fully saturated rings. The SMILES string of the molecule is CN1C(=O)CNc2ncc(C(=O)N3CCC(c4nnc5n4CCCCC5)CC3)cc21. The second-order valence-corrected chi connectivity index (χ2v) is 8.40. The average molecular weight is 409 g/mol. The number of carbonyl (C=O) groups is 2. The molecule has 2 aromatic heterocycles. The number of likely N-dealkylation sites (tertiary alicyclic amines) is 1. The minimum atomic E-state index is -0.0397. The molecule has 9 nitrogen and oxygen atoms in total. The topological polar surface area (TPSA) is 96.2 Å². The summed E-state index contributed by atoms with van der Waals surface area (Å²) in [4.78, 5) is 32.8. The Hall–Kier alpha value is -2.97. The van der Waals surface area contributed by atoms with Crippen molar-refractivity contribution >= 4 is 23.3 Å². The summed E-state index contributed by atoms with van der Waals surface area (Å²) in [6, 6.07) is 1.76. The Balaban J connectivity index is 1.28. The average Bonchev–Trinajstić information content (AvgIpc) is 3.04. The molecule has 3 aliphatic heterocycles. The number of nitrogens with zero attached hydrogens (tertiary/aromatic N) is 6. The van der Waals surface area contributed by atoms with E-state index in [1.165, 1.54) is 19.3 Å². The number of anilines is 2. The van der Waals surface area contributed by atoms with E-state index in [-0.39, 0.29) is 18.4 Å². The van der Waals surface area contributed by atoms with Gasteiger partial charge in [-0.25, -0.2) is 4.98 Å². The number of nitrogens with one attached hydrogen (secondary N) is 1. The van der Waals surface area contributed by atoms with E-state index in [1.807, 2.05) is 4.90 Å². The van der Waals surface area contributed by atoms with E-state index in [2.05, 4.69) is 25.1 Å². The molecule has 2 aromatic rings. The summed E-state index contributed by atoms with van der Waals surface area (Å²) in [5.41, 5.74) is 1.17. The van der Waals surface area contributed by atoms with Gasteiger partial charge in [0.25, 0.3) is 5.91 Å². The summed E-state index contributed by atoms with van der Waals surface area (Å²) >= 11 is 0. The highest BCUT2D eigenvalue weighted by Gasteiger charge is 2.30. The number of piperidine rings is 1. The van der Waals surface area contributed by atoms with Crippen LogP contribution in [-0.4, -0.2) is 63.1 Å². The van der Waals surface area contributed by atoms with E-state index < -0.39 is 0 Å². The largest absolute Gasteiger partial charge is 0.359 e. The summed E-state index contributed by atoms with van der Waals surface area (Å²) < 4.78 is 2.32. The molecule has 0 aliphatic carbocycles. The lowest BCUT2D eigenvalue weighted by atomic mass is 9.95. The first kappa shape index (κ1) is 19.0. The molecule has 3 aliphatic rings. The van der Waals surface area contributed by atoms with E-state index in [9.17, 15) is 9.59 Å². The molecule has 0 aromatic carbocycles. The lowest BCUT2D eigenvalue weighted by molar-refractivity contribution is -0.116. The number of hydrogen-bond donors (Lipinski definition) is 1. The van der Waals surface area contributed by atoms with Crippen LogP contribution in [0.15, 0.2) is 12.3 Å². The number of carbonyl (C=O) groups excluding carboxylic acids is 2. The zero-order chi connectivity index (χ0) is 20.7. The van der Waals surface area contributed by atoms with Crippen molar-refractivity contribution in [2.45, 2.75) is 51.0 Å². The van der Waals surface area contributed by atoms with Crippen LogP contribution in [0.25, 0.3) is 0 Å². The Labute approximate surface area is 175 Å². The van der Waals surface area contributed by atoms with Crippen LogP contribution >= 0.6 is 0 Å². The Morgan fingerprint density at radius 2 is 1.97 bits per heavy atom. The Bertz CT molecular complexity index is 978. The molecule has 0 spiro atoms. The predicted octanol–water partition coefficient (Wildman–Crippen LogP) is 1.81. The van der Waals surface area contributed by atoms with Gasteiger partial charge in [0.15, 0.2) is 0 Å². The van der Waals surface area contributed by atoms with Crippen molar-refractivity contribution in [2.75, 3.05) is 36.9 Å². The van der Waals surface area contributed by atoms with Gasteiger partial charge in [0.2, 0.25) is 5.91 Å². The lowest BCUT2D eigenvalue weighted by Gasteiger charge is -2.32. The predicted molar refractivity (Wildman–Crippen MR) is 112 cm³/mol. The summed E-state index contributed by atoms with van der Waals surface area (Å²) in [6.45, 7) is 2.62. The van der Waals surface area contributed by atoms with Crippen LogP contribution in [0.2, 0.25) is 0 Å². The number of fused-ring (bicyclic) bond motifs is 2. The highest BCUT2D eigenvalue weighted by molar-refractivity contribution is 6.03. The Morgan fingerprint density at radius 1 is 1.13 bits per heavy atom. The molecule has 2 amide bonds. The first-order valence-electron chi connectivity index (χ1n) is 10.8. The fraction of sp³-hybridized carbons (Fsp3) is 0.571. The number of aromatic nitrogens is 4. The van der Waals surface area contributed by atoms with Crippen molar-refractivity contribution < 1.29 is 9.59 Å². The van der Waals surface area contributed by atoms with E-state index in [0.717, 1.165) is 37.5 Å². The van der Waals surface area contributed by atoms with Gasteiger partial charge in [0, 0.05) is 45.2 Å². The number of amides is 2. The molecular formula is C21H27N7O2. The van der Waals surface area contributed by atoms with Crippen LogP contribution < -0.4 is 10.2 Å². The molecule has 0 unspecified atom stereocenters. The number of pyridine rings is 1. The van der Waals surface area contributed by atoms with Crippen LogP contribution in [0.5, 0.6) is 0 Å². The number of hydrogen-bond acceptors (Lipinski definition) is 6. The van der Waals surface area contributed by atoms with Crippen LogP contribution in [0.4, 0.5) is 11.5 Å². The highest BCUT2D eigenvalue weighted by Crippen LogP contribution is 2.31. The van der Waals surface area contributed by atoms with Crippen molar-refractivity contribution in [1.29, 1.82) is 0 Å². The Kier molecular flexibility index (Phi) is 4.88. The second-order valence-electron chi connectivity index (χ2n) is 8.40. The standard InChI is InChI=1S/C21H27N7O2/c1-26-16-11-15(12-22-19(16)23-13-18(26)29)21(30)27-9-6-14(7-10-27)20-25-24-17-5-3-2-4-8-28(17)20/h11-12,14H,2-10,13H2,1H3,(H,22,23). The van der Waals surface area contributed by atoms with Gasteiger partial charge in [-0.15, -0.1) is 10.2 Å². The van der Waals surface area contributed by atoms with Gasteiger partial charge in [-0.2, -0.15) is 0 Å². The second kappa shape index (κ2) is 7.70. The summed E-state index contributed by atoms with van der Waals surface area (Å²) in [6.07, 6.45) is 8.03. The van der Waals surface area contributed by atoms with Crippen molar-refractivity contribution in [3.8, 4) is 0 Å². The molecule has 1 N–H and O–H groups in total. The molecule has 9 heteroatoms. The summed E-state index contributed by atoms with van der Waals surface area (Å²) in [5, 5.41) is 11.9. The van der Waals surface area contributed by atoms with E-state index >= 15 is 0 Å². The molecule has 5 heterocycles. The maximum absolute atomic E-state index is 13.1. The minimum Gasteiger partial charge on any atom is -0.359 e. The molecule has 158 valence electrons. The molecule has 0 radical (unpaired) electrons. The fourth-order valence-corrected chi connectivity index (χ4v) is 4.71. The van der Waals surface area contributed by atoms with Crippen LogP contribution in [0, 0.1) is 0 Å². The molecule has 1 saturated heterocycles. The number of rotatable bonds is 2. The third-order valence-electron chi connectivity index (χ3n) is 6.54. The van der Waals surface area contributed by atoms with Crippen molar-refractivity contribution in [1.82, 2.24) is 24.6 Å². The summed E-state index contributed by atoms with van der Waals surface area (Å²) in [7, 11) is 1.71. The molecule has 0 bridgehead atoms. The summed E-state index contributed by atoms with van der Waals surface area (Å²) in [5.74, 6) is 3.13. The zero-order valence-electron chi connectivity index (χ0n) is 17.3. The zero-order valence-corrected chi connectivity index (χ0v) is 17.3.